The zero-order chi connectivity index (χ0) is 14.6. The molecule has 4 nitrogen and oxygen atoms in total. The first-order valence-corrected chi connectivity index (χ1v) is 8.23. The Bertz CT molecular complexity index is 314. The van der Waals surface area contributed by atoms with Crippen LogP contribution in [0.3, 0.4) is 0 Å². The number of nitrogens with zero attached hydrogens (tertiary/aromatic N) is 2. The summed E-state index contributed by atoms with van der Waals surface area (Å²) in [6, 6.07) is 0.600. The van der Waals surface area contributed by atoms with Crippen molar-refractivity contribution in [1.82, 2.24) is 9.80 Å². The van der Waals surface area contributed by atoms with Crippen LogP contribution < -0.4 is 0 Å². The topological polar surface area (TPSA) is 43.8 Å². The van der Waals surface area contributed by atoms with Crippen LogP contribution in [-0.4, -0.2) is 59.6 Å². The van der Waals surface area contributed by atoms with E-state index in [0.29, 0.717) is 6.04 Å². The number of hydrogen-bond donors (Lipinski definition) is 1. The summed E-state index contributed by atoms with van der Waals surface area (Å²) in [6.45, 7) is 9.43. The van der Waals surface area contributed by atoms with Crippen LogP contribution in [0.4, 0.5) is 0 Å². The molecule has 1 saturated carbocycles. The lowest BCUT2D eigenvalue weighted by Gasteiger charge is -2.41. The Kier molecular flexibility index (Phi) is 5.44. The van der Waals surface area contributed by atoms with Crippen molar-refractivity contribution >= 4 is 5.97 Å². The molecule has 0 amide bonds. The molecule has 1 aliphatic carbocycles. The number of carboxylic acid groups (broad SMARTS) is 1. The molecule has 1 aliphatic heterocycles. The van der Waals surface area contributed by atoms with Gasteiger partial charge in [0.15, 0.2) is 0 Å². The highest BCUT2D eigenvalue weighted by Gasteiger charge is 2.40. The van der Waals surface area contributed by atoms with Gasteiger partial charge in [0.1, 0.15) is 0 Å². The number of piperazine rings is 1. The summed E-state index contributed by atoms with van der Waals surface area (Å²) in [5, 5.41) is 9.75. The maximum absolute atomic E-state index is 11.8. The molecule has 0 unspecified atom stereocenters. The summed E-state index contributed by atoms with van der Waals surface area (Å²) in [5.41, 5.74) is -0.476. The molecule has 1 N–H and O–H groups in total. The summed E-state index contributed by atoms with van der Waals surface area (Å²) in [6.07, 6.45) is 6.31. The maximum atomic E-state index is 11.8. The molecule has 116 valence electrons. The molecular formula is C16H30N2O2. The third-order valence-corrected chi connectivity index (χ3v) is 5.18. The lowest BCUT2D eigenvalue weighted by atomic mass is 9.79. The second-order valence-electron chi connectivity index (χ2n) is 6.91. The van der Waals surface area contributed by atoms with Crippen LogP contribution in [0.15, 0.2) is 0 Å². The fourth-order valence-electron chi connectivity index (χ4n) is 3.71. The van der Waals surface area contributed by atoms with Gasteiger partial charge < -0.3 is 5.11 Å². The van der Waals surface area contributed by atoms with Crippen LogP contribution in [0.2, 0.25) is 0 Å². The third-order valence-electron chi connectivity index (χ3n) is 5.18. The third kappa shape index (κ3) is 3.73. The van der Waals surface area contributed by atoms with Gasteiger partial charge in [-0.3, -0.25) is 14.6 Å². The highest BCUT2D eigenvalue weighted by molar-refractivity contribution is 5.75. The van der Waals surface area contributed by atoms with E-state index in [1.807, 2.05) is 0 Å². The molecule has 0 atom stereocenters. The van der Waals surface area contributed by atoms with Gasteiger partial charge in [-0.15, -0.1) is 0 Å². The van der Waals surface area contributed by atoms with Crippen molar-refractivity contribution in [1.29, 1.82) is 0 Å². The van der Waals surface area contributed by atoms with E-state index in [9.17, 15) is 9.90 Å². The Hall–Kier alpha value is -0.610. The van der Waals surface area contributed by atoms with Gasteiger partial charge in [-0.05, 0) is 26.7 Å². The first kappa shape index (κ1) is 15.8. The van der Waals surface area contributed by atoms with E-state index < -0.39 is 11.4 Å². The largest absolute Gasteiger partial charge is 0.481 e. The van der Waals surface area contributed by atoms with Gasteiger partial charge in [0.05, 0.1) is 5.41 Å². The molecule has 2 fully saturated rings. The Morgan fingerprint density at radius 2 is 1.60 bits per heavy atom. The van der Waals surface area contributed by atoms with Crippen molar-refractivity contribution in [3.05, 3.63) is 0 Å². The molecule has 20 heavy (non-hydrogen) atoms. The van der Waals surface area contributed by atoms with E-state index in [0.717, 1.165) is 58.4 Å². The van der Waals surface area contributed by atoms with Crippen molar-refractivity contribution in [2.75, 3.05) is 32.7 Å². The normalized spacial score (nSPS) is 25.6. The Morgan fingerprint density at radius 3 is 2.05 bits per heavy atom. The van der Waals surface area contributed by atoms with E-state index in [-0.39, 0.29) is 0 Å². The molecule has 0 spiro atoms. The van der Waals surface area contributed by atoms with Crippen molar-refractivity contribution in [3.63, 3.8) is 0 Å². The van der Waals surface area contributed by atoms with Crippen molar-refractivity contribution in [3.8, 4) is 0 Å². The fourth-order valence-corrected chi connectivity index (χ4v) is 3.71. The number of aliphatic carboxylic acids is 1. The summed E-state index contributed by atoms with van der Waals surface area (Å²) in [5.74, 6) is -0.564. The lowest BCUT2D eigenvalue weighted by Crippen LogP contribution is -2.53. The number of rotatable bonds is 4. The second-order valence-corrected chi connectivity index (χ2v) is 6.91. The van der Waals surface area contributed by atoms with Crippen LogP contribution in [0.25, 0.3) is 0 Å². The summed E-state index contributed by atoms with van der Waals surface area (Å²) in [7, 11) is 0. The van der Waals surface area contributed by atoms with Gasteiger partial charge in [0.2, 0.25) is 0 Å². The summed E-state index contributed by atoms with van der Waals surface area (Å²) in [4.78, 5) is 16.7. The number of carbonyl (C=O) groups is 1. The smallest absolute Gasteiger partial charge is 0.310 e. The minimum absolute atomic E-state index is 0.476. The molecule has 1 heterocycles. The monoisotopic (exact) mass is 282 g/mol. The Labute approximate surface area is 123 Å². The van der Waals surface area contributed by atoms with Crippen LogP contribution in [0.1, 0.15) is 52.4 Å². The van der Waals surface area contributed by atoms with Gasteiger partial charge in [-0.25, -0.2) is 0 Å². The van der Waals surface area contributed by atoms with Crippen LogP contribution in [0, 0.1) is 5.41 Å². The van der Waals surface area contributed by atoms with Gasteiger partial charge >= 0.3 is 5.97 Å². The molecule has 1 saturated heterocycles. The molecule has 4 heteroatoms. The van der Waals surface area contributed by atoms with E-state index >= 15 is 0 Å². The highest BCUT2D eigenvalue weighted by atomic mass is 16.4. The Balaban J connectivity index is 1.94. The second kappa shape index (κ2) is 6.90. The van der Waals surface area contributed by atoms with Gasteiger partial charge in [-0.1, -0.05) is 25.7 Å². The fraction of sp³-hybridized carbons (Fsp3) is 0.938. The van der Waals surface area contributed by atoms with Crippen LogP contribution >= 0.6 is 0 Å². The predicted molar refractivity (Wildman–Crippen MR) is 80.9 cm³/mol. The molecule has 2 aliphatic rings. The molecular weight excluding hydrogens is 252 g/mol. The number of hydrogen-bond acceptors (Lipinski definition) is 3. The molecule has 0 radical (unpaired) electrons. The molecule has 2 rings (SSSR count). The average molecular weight is 282 g/mol. The summed E-state index contributed by atoms with van der Waals surface area (Å²) < 4.78 is 0. The van der Waals surface area contributed by atoms with Gasteiger partial charge in [0.25, 0.3) is 0 Å². The van der Waals surface area contributed by atoms with E-state index in [2.05, 4.69) is 23.6 Å². The van der Waals surface area contributed by atoms with Gasteiger partial charge in [-0.2, -0.15) is 0 Å². The van der Waals surface area contributed by atoms with Crippen molar-refractivity contribution in [2.45, 2.75) is 58.4 Å². The summed E-state index contributed by atoms with van der Waals surface area (Å²) >= 11 is 0. The lowest BCUT2D eigenvalue weighted by molar-refractivity contribution is -0.151. The number of carboxylic acids is 1. The quantitative estimate of drug-likeness (QED) is 0.804. The molecule has 0 aromatic rings. The van der Waals surface area contributed by atoms with Crippen LogP contribution in [-0.2, 0) is 4.79 Å². The van der Waals surface area contributed by atoms with Gasteiger partial charge in [0, 0.05) is 38.8 Å². The predicted octanol–water partition coefficient (Wildman–Crippen LogP) is 2.44. The maximum Gasteiger partial charge on any atom is 0.310 e. The molecule has 0 aromatic carbocycles. The minimum atomic E-state index is -0.564. The highest BCUT2D eigenvalue weighted by Crippen LogP contribution is 2.36. The standard InChI is InChI=1S/C16H30N2O2/c1-14(2)18-11-9-17(10-12-18)13-16(15(19)20)7-5-3-4-6-8-16/h14H,3-13H2,1-2H3,(H,19,20). The zero-order valence-corrected chi connectivity index (χ0v) is 13.1. The SMILES string of the molecule is CC(C)N1CCN(CC2(C(=O)O)CCCCCC2)CC1. The van der Waals surface area contributed by atoms with E-state index in [1.165, 1.54) is 12.8 Å². The van der Waals surface area contributed by atoms with Crippen molar-refractivity contribution in [2.24, 2.45) is 5.41 Å². The minimum Gasteiger partial charge on any atom is -0.481 e. The molecule has 0 bridgehead atoms. The van der Waals surface area contributed by atoms with E-state index in [4.69, 9.17) is 0 Å². The van der Waals surface area contributed by atoms with Crippen molar-refractivity contribution < 1.29 is 9.90 Å². The van der Waals surface area contributed by atoms with E-state index in [1.54, 1.807) is 0 Å². The average Bonchev–Trinajstić information content (AvgIpc) is 2.66. The zero-order valence-electron chi connectivity index (χ0n) is 13.1. The Morgan fingerprint density at radius 1 is 1.05 bits per heavy atom. The van der Waals surface area contributed by atoms with Crippen LogP contribution in [0.5, 0.6) is 0 Å². The first-order chi connectivity index (χ1) is 9.53. The molecule has 0 aromatic heterocycles. The first-order valence-electron chi connectivity index (χ1n) is 8.23.